The van der Waals surface area contributed by atoms with E-state index in [-0.39, 0.29) is 12.0 Å². The molecule has 5 nitrogen and oxygen atoms in total. The largest absolute Gasteiger partial charge is 0.396 e. The molecule has 1 aliphatic rings. The average molecular weight is 229 g/mol. The van der Waals surface area contributed by atoms with E-state index in [0.717, 1.165) is 39.0 Å². The number of nitrogens with two attached hydrogens (primary N) is 1. The molecular weight excluding hydrogens is 206 g/mol. The highest BCUT2D eigenvalue weighted by Crippen LogP contribution is 2.45. The molecule has 1 saturated carbocycles. The topological polar surface area (TPSA) is 79.9 Å². The van der Waals surface area contributed by atoms with Crippen LogP contribution in [0.3, 0.4) is 0 Å². The van der Waals surface area contributed by atoms with Crippen LogP contribution in [-0.4, -0.2) is 44.0 Å². The number of rotatable bonds is 8. The van der Waals surface area contributed by atoms with Crippen molar-refractivity contribution in [3.05, 3.63) is 0 Å². The van der Waals surface area contributed by atoms with Crippen molar-refractivity contribution in [3.63, 3.8) is 0 Å². The van der Waals surface area contributed by atoms with Gasteiger partial charge in [-0.05, 0) is 26.2 Å². The third kappa shape index (κ3) is 4.81. The number of nitrogens with zero attached hydrogens (tertiary/aromatic N) is 1. The molecule has 16 heavy (non-hydrogen) atoms. The molecule has 0 saturated heterocycles. The zero-order valence-electron chi connectivity index (χ0n) is 10.0. The van der Waals surface area contributed by atoms with Crippen LogP contribution in [0.2, 0.25) is 0 Å². The third-order valence-electron chi connectivity index (χ3n) is 2.85. The molecule has 1 rings (SSSR count). The molecule has 4 N–H and O–H groups in total. The van der Waals surface area contributed by atoms with Crippen LogP contribution < -0.4 is 11.1 Å². The number of aliphatic hydroxyl groups excluding tert-OH is 1. The van der Waals surface area contributed by atoms with E-state index in [1.54, 1.807) is 0 Å². The van der Waals surface area contributed by atoms with Crippen LogP contribution in [0.25, 0.3) is 0 Å². The smallest absolute Gasteiger partial charge is 0.188 e. The summed E-state index contributed by atoms with van der Waals surface area (Å²) in [5.74, 6) is 0.469. The highest BCUT2D eigenvalue weighted by molar-refractivity contribution is 5.77. The number of hydrogen-bond donors (Lipinski definition) is 3. The maximum atomic E-state index is 9.10. The van der Waals surface area contributed by atoms with Crippen molar-refractivity contribution < 1.29 is 9.84 Å². The van der Waals surface area contributed by atoms with E-state index < -0.39 is 0 Å². The molecule has 0 heterocycles. The summed E-state index contributed by atoms with van der Waals surface area (Å²) in [6.45, 7) is 5.11. The van der Waals surface area contributed by atoms with Crippen LogP contribution in [0, 0.1) is 5.41 Å². The van der Waals surface area contributed by atoms with Gasteiger partial charge in [0.05, 0.1) is 13.2 Å². The number of hydrogen-bond acceptors (Lipinski definition) is 3. The summed E-state index contributed by atoms with van der Waals surface area (Å²) in [6.07, 6.45) is 3.05. The average Bonchev–Trinajstić information content (AvgIpc) is 3.07. The minimum atomic E-state index is 0.0393. The molecule has 1 fully saturated rings. The summed E-state index contributed by atoms with van der Waals surface area (Å²) in [5, 5.41) is 12.1. The van der Waals surface area contributed by atoms with Crippen LogP contribution in [0.1, 0.15) is 26.2 Å². The fraction of sp³-hybridized carbons (Fsp3) is 0.909. The standard InChI is InChI=1S/C11H23N3O2/c1-2-16-7-3-6-13-10(12)14-8-11(9-15)4-5-11/h15H,2-9H2,1H3,(H3,12,13,14). The lowest BCUT2D eigenvalue weighted by Gasteiger charge is -2.09. The van der Waals surface area contributed by atoms with Gasteiger partial charge in [-0.25, -0.2) is 0 Å². The van der Waals surface area contributed by atoms with Gasteiger partial charge in [0.1, 0.15) is 0 Å². The molecular formula is C11H23N3O2. The van der Waals surface area contributed by atoms with E-state index in [9.17, 15) is 0 Å². The highest BCUT2D eigenvalue weighted by atomic mass is 16.5. The van der Waals surface area contributed by atoms with Gasteiger partial charge in [-0.3, -0.25) is 4.99 Å². The van der Waals surface area contributed by atoms with Gasteiger partial charge < -0.3 is 20.9 Å². The molecule has 1 aliphatic carbocycles. The number of nitrogens with one attached hydrogen (secondary N) is 1. The fourth-order valence-electron chi connectivity index (χ4n) is 1.39. The fourth-order valence-corrected chi connectivity index (χ4v) is 1.39. The Morgan fingerprint density at radius 2 is 2.31 bits per heavy atom. The van der Waals surface area contributed by atoms with Crippen molar-refractivity contribution in [1.29, 1.82) is 0 Å². The Labute approximate surface area is 97.1 Å². The molecule has 0 aromatic carbocycles. The van der Waals surface area contributed by atoms with Crippen molar-refractivity contribution in [1.82, 2.24) is 5.32 Å². The first kappa shape index (κ1) is 13.3. The van der Waals surface area contributed by atoms with Gasteiger partial charge in [-0.2, -0.15) is 0 Å². The maximum absolute atomic E-state index is 9.10. The van der Waals surface area contributed by atoms with E-state index in [1.165, 1.54) is 0 Å². The summed E-state index contributed by atoms with van der Waals surface area (Å²) in [4.78, 5) is 4.23. The van der Waals surface area contributed by atoms with Gasteiger partial charge in [-0.15, -0.1) is 0 Å². The molecule has 0 aromatic heterocycles. The van der Waals surface area contributed by atoms with Gasteiger partial charge in [0, 0.05) is 25.2 Å². The van der Waals surface area contributed by atoms with Crippen molar-refractivity contribution in [2.24, 2.45) is 16.1 Å². The molecule has 0 amide bonds. The highest BCUT2D eigenvalue weighted by Gasteiger charge is 2.41. The zero-order chi connectivity index (χ0) is 11.9. The van der Waals surface area contributed by atoms with Crippen LogP contribution in [0.4, 0.5) is 0 Å². The Kier molecular flexibility index (Phi) is 5.55. The molecule has 0 aromatic rings. The van der Waals surface area contributed by atoms with Gasteiger partial charge in [0.2, 0.25) is 0 Å². The molecule has 94 valence electrons. The predicted octanol–water partition coefficient (Wildman–Crippen LogP) is 0.0898. The monoisotopic (exact) mass is 229 g/mol. The summed E-state index contributed by atoms with van der Waals surface area (Å²) < 4.78 is 5.20. The third-order valence-corrected chi connectivity index (χ3v) is 2.85. The maximum Gasteiger partial charge on any atom is 0.188 e. The van der Waals surface area contributed by atoms with E-state index in [1.807, 2.05) is 6.92 Å². The lowest BCUT2D eigenvalue weighted by atomic mass is 10.1. The number of aliphatic imine (C=N–C) groups is 1. The summed E-state index contributed by atoms with van der Waals surface area (Å²) in [6, 6.07) is 0. The second-order valence-corrected chi connectivity index (χ2v) is 4.34. The lowest BCUT2D eigenvalue weighted by Crippen LogP contribution is -2.33. The van der Waals surface area contributed by atoms with E-state index >= 15 is 0 Å². The Balaban J connectivity index is 2.05. The minimum absolute atomic E-state index is 0.0393. The normalized spacial score (nSPS) is 18.5. The second-order valence-electron chi connectivity index (χ2n) is 4.34. The first-order valence-corrected chi connectivity index (χ1v) is 5.95. The lowest BCUT2D eigenvalue weighted by molar-refractivity contribution is 0.145. The molecule has 0 atom stereocenters. The molecule has 0 unspecified atom stereocenters. The van der Waals surface area contributed by atoms with Crippen molar-refractivity contribution in [2.45, 2.75) is 26.2 Å². The molecule has 0 aliphatic heterocycles. The van der Waals surface area contributed by atoms with Gasteiger partial charge >= 0.3 is 0 Å². The Hall–Kier alpha value is -0.810. The number of guanidine groups is 1. The molecule has 0 bridgehead atoms. The molecule has 0 radical (unpaired) electrons. The van der Waals surface area contributed by atoms with Crippen molar-refractivity contribution >= 4 is 5.96 Å². The molecule has 5 heteroatoms. The van der Waals surface area contributed by atoms with Crippen molar-refractivity contribution in [2.75, 3.05) is 32.9 Å². The van der Waals surface area contributed by atoms with Gasteiger partial charge in [0.25, 0.3) is 0 Å². The first-order valence-electron chi connectivity index (χ1n) is 5.95. The second kappa shape index (κ2) is 6.70. The summed E-state index contributed by atoms with van der Waals surface area (Å²) in [5.41, 5.74) is 5.73. The quantitative estimate of drug-likeness (QED) is 0.313. The first-order chi connectivity index (χ1) is 7.72. The number of ether oxygens (including phenoxy) is 1. The van der Waals surface area contributed by atoms with E-state index in [0.29, 0.717) is 12.5 Å². The number of aliphatic hydroxyl groups is 1. The Morgan fingerprint density at radius 1 is 1.56 bits per heavy atom. The zero-order valence-corrected chi connectivity index (χ0v) is 10.0. The van der Waals surface area contributed by atoms with Crippen LogP contribution >= 0.6 is 0 Å². The van der Waals surface area contributed by atoms with Crippen LogP contribution in [-0.2, 0) is 4.74 Å². The Bertz CT molecular complexity index is 227. The van der Waals surface area contributed by atoms with Gasteiger partial charge in [-0.1, -0.05) is 0 Å². The summed E-state index contributed by atoms with van der Waals surface area (Å²) >= 11 is 0. The summed E-state index contributed by atoms with van der Waals surface area (Å²) in [7, 11) is 0. The van der Waals surface area contributed by atoms with Gasteiger partial charge in [0.15, 0.2) is 5.96 Å². The SMILES string of the molecule is CCOCCCNC(N)=NCC1(CO)CC1. The van der Waals surface area contributed by atoms with Crippen molar-refractivity contribution in [3.8, 4) is 0 Å². The minimum Gasteiger partial charge on any atom is -0.396 e. The van der Waals surface area contributed by atoms with Crippen LogP contribution in [0.15, 0.2) is 4.99 Å². The predicted molar refractivity (Wildman–Crippen MR) is 64.4 cm³/mol. The molecule has 0 spiro atoms. The van der Waals surface area contributed by atoms with E-state index in [2.05, 4.69) is 10.3 Å². The van der Waals surface area contributed by atoms with E-state index in [4.69, 9.17) is 15.6 Å². The Morgan fingerprint density at radius 3 is 2.88 bits per heavy atom. The van der Waals surface area contributed by atoms with Crippen LogP contribution in [0.5, 0.6) is 0 Å².